The van der Waals surface area contributed by atoms with E-state index in [2.05, 4.69) is 15.6 Å². The molecule has 0 saturated heterocycles. The zero-order valence-electron chi connectivity index (χ0n) is 23.8. The lowest BCUT2D eigenvalue weighted by molar-refractivity contribution is 0.0109. The molecule has 0 aliphatic carbocycles. The number of halogens is 2. The van der Waals surface area contributed by atoms with E-state index in [0.29, 0.717) is 12.2 Å². The molecule has 1 aromatic heterocycles. The van der Waals surface area contributed by atoms with Crippen molar-refractivity contribution < 1.29 is 32.6 Å². The van der Waals surface area contributed by atoms with E-state index in [0.717, 1.165) is 18.2 Å². The van der Waals surface area contributed by atoms with E-state index < -0.39 is 29.8 Å². The van der Waals surface area contributed by atoms with E-state index >= 15 is 0 Å². The van der Waals surface area contributed by atoms with Gasteiger partial charge in [0.05, 0.1) is 23.4 Å². The third kappa shape index (κ3) is 7.19. The fourth-order valence-electron chi connectivity index (χ4n) is 4.65. The van der Waals surface area contributed by atoms with Crippen molar-refractivity contribution in [3.05, 3.63) is 83.7 Å². The standard InChI is InChI=1S/C30H33F2N5O5/c1-18-15-37(29(39)24-7-5-6-12-33-24)19(2)17-42-26-11-9-21(14-22(26)28(38)36(3)16-27(18)41-4)34-30(40)35-25-13-20(31)8-10-23(25)32/h5-14,18-19,27H,15-17H2,1-4H3,(H2,34,35,40)/t18-,19+,27-/m1/s1. The summed E-state index contributed by atoms with van der Waals surface area (Å²) in [5.41, 5.74) is 0.344. The Kier molecular flexibility index (Phi) is 9.68. The lowest BCUT2D eigenvalue weighted by Gasteiger charge is -2.36. The number of nitrogens with zero attached hydrogens (tertiary/aromatic N) is 3. The second kappa shape index (κ2) is 13.4. The number of carbonyl (C=O) groups excluding carboxylic acids is 3. The van der Waals surface area contributed by atoms with Gasteiger partial charge in [-0.2, -0.15) is 0 Å². The fraction of sp³-hybridized carbons (Fsp3) is 0.333. The lowest BCUT2D eigenvalue weighted by Crippen LogP contribution is -2.48. The lowest BCUT2D eigenvalue weighted by atomic mass is 10.0. The predicted molar refractivity (Wildman–Crippen MR) is 153 cm³/mol. The predicted octanol–water partition coefficient (Wildman–Crippen LogP) is 4.65. The van der Waals surface area contributed by atoms with E-state index in [9.17, 15) is 23.2 Å². The minimum Gasteiger partial charge on any atom is -0.491 e. The Morgan fingerprint density at radius 2 is 1.83 bits per heavy atom. The Hall–Kier alpha value is -4.58. The number of benzene rings is 2. The van der Waals surface area contributed by atoms with Gasteiger partial charge in [0.1, 0.15) is 29.7 Å². The molecule has 42 heavy (non-hydrogen) atoms. The maximum atomic E-state index is 14.0. The molecular formula is C30H33F2N5O5. The number of likely N-dealkylation sites (N-methyl/N-ethyl adjacent to an activating group) is 1. The molecule has 12 heteroatoms. The minimum atomic E-state index is -0.833. The number of nitrogens with one attached hydrogen (secondary N) is 2. The number of rotatable bonds is 4. The van der Waals surface area contributed by atoms with Crippen LogP contribution in [0.25, 0.3) is 0 Å². The molecule has 3 atom stereocenters. The zero-order valence-corrected chi connectivity index (χ0v) is 23.8. The molecule has 2 heterocycles. The summed E-state index contributed by atoms with van der Waals surface area (Å²) in [7, 11) is 3.18. The number of methoxy groups -OCH3 is 1. The fourth-order valence-corrected chi connectivity index (χ4v) is 4.65. The molecule has 1 aliphatic heterocycles. The maximum Gasteiger partial charge on any atom is 0.323 e. The van der Waals surface area contributed by atoms with Crippen LogP contribution in [-0.2, 0) is 4.74 Å². The van der Waals surface area contributed by atoms with E-state index in [1.165, 1.54) is 23.1 Å². The maximum absolute atomic E-state index is 14.0. The molecule has 0 spiro atoms. The number of amides is 4. The van der Waals surface area contributed by atoms with Crippen molar-refractivity contribution in [3.63, 3.8) is 0 Å². The molecule has 2 N–H and O–H groups in total. The topological polar surface area (TPSA) is 113 Å². The Morgan fingerprint density at radius 3 is 2.55 bits per heavy atom. The van der Waals surface area contributed by atoms with Crippen LogP contribution < -0.4 is 15.4 Å². The van der Waals surface area contributed by atoms with Crippen molar-refractivity contribution >= 4 is 29.2 Å². The molecule has 3 aromatic rings. The number of aromatic nitrogens is 1. The van der Waals surface area contributed by atoms with Crippen molar-refractivity contribution in [2.24, 2.45) is 5.92 Å². The molecule has 10 nitrogen and oxygen atoms in total. The van der Waals surface area contributed by atoms with E-state index in [4.69, 9.17) is 9.47 Å². The zero-order chi connectivity index (χ0) is 30.4. The van der Waals surface area contributed by atoms with Crippen molar-refractivity contribution in [1.29, 1.82) is 0 Å². The summed E-state index contributed by atoms with van der Waals surface area (Å²) in [4.78, 5) is 47.0. The minimum absolute atomic E-state index is 0.0685. The van der Waals surface area contributed by atoms with Crippen LogP contribution in [0.15, 0.2) is 60.8 Å². The van der Waals surface area contributed by atoms with Gasteiger partial charge in [0, 0.05) is 51.1 Å². The highest BCUT2D eigenvalue weighted by atomic mass is 19.1. The van der Waals surface area contributed by atoms with Crippen LogP contribution in [0.5, 0.6) is 5.75 Å². The van der Waals surface area contributed by atoms with Gasteiger partial charge >= 0.3 is 6.03 Å². The Labute approximate surface area is 242 Å². The summed E-state index contributed by atoms with van der Waals surface area (Å²) in [5, 5.41) is 4.79. The number of fused-ring (bicyclic) bond motifs is 1. The molecule has 4 rings (SSSR count). The molecule has 2 aromatic carbocycles. The molecule has 0 radical (unpaired) electrons. The molecule has 1 aliphatic rings. The largest absolute Gasteiger partial charge is 0.491 e. The first-order chi connectivity index (χ1) is 20.1. The molecule has 0 unspecified atom stereocenters. The first-order valence-corrected chi connectivity index (χ1v) is 13.4. The highest BCUT2D eigenvalue weighted by Gasteiger charge is 2.31. The summed E-state index contributed by atoms with van der Waals surface area (Å²) < 4.78 is 39.3. The average molecular weight is 582 g/mol. The van der Waals surface area contributed by atoms with Gasteiger partial charge in [0.2, 0.25) is 0 Å². The number of anilines is 2. The van der Waals surface area contributed by atoms with Gasteiger partial charge in [-0.25, -0.2) is 13.6 Å². The normalized spacial score (nSPS) is 19.6. The quantitative estimate of drug-likeness (QED) is 0.464. The molecule has 222 valence electrons. The number of ether oxygens (including phenoxy) is 2. The number of carbonyl (C=O) groups is 3. The third-order valence-electron chi connectivity index (χ3n) is 7.02. The number of urea groups is 1. The van der Waals surface area contributed by atoms with Gasteiger partial charge in [-0.1, -0.05) is 13.0 Å². The second-order valence-corrected chi connectivity index (χ2v) is 10.2. The van der Waals surface area contributed by atoms with Crippen LogP contribution in [0.2, 0.25) is 0 Å². The second-order valence-electron chi connectivity index (χ2n) is 10.2. The van der Waals surface area contributed by atoms with E-state index in [1.807, 2.05) is 13.8 Å². The molecule has 0 saturated carbocycles. The van der Waals surface area contributed by atoms with Crippen LogP contribution in [0.1, 0.15) is 34.7 Å². The number of pyridine rings is 1. The summed E-state index contributed by atoms with van der Waals surface area (Å²) >= 11 is 0. The van der Waals surface area contributed by atoms with Gasteiger partial charge in [-0.3, -0.25) is 14.6 Å². The van der Waals surface area contributed by atoms with Crippen LogP contribution >= 0.6 is 0 Å². The van der Waals surface area contributed by atoms with Crippen LogP contribution in [0, 0.1) is 17.6 Å². The molecule has 4 amide bonds. The van der Waals surface area contributed by atoms with E-state index in [-0.39, 0.29) is 53.6 Å². The first kappa shape index (κ1) is 30.4. The van der Waals surface area contributed by atoms with E-state index in [1.54, 1.807) is 43.5 Å². The van der Waals surface area contributed by atoms with Gasteiger partial charge < -0.3 is 29.9 Å². The summed E-state index contributed by atoms with van der Waals surface area (Å²) in [5.74, 6) is -2.06. The Morgan fingerprint density at radius 1 is 1.05 bits per heavy atom. The molecule has 0 bridgehead atoms. The first-order valence-electron chi connectivity index (χ1n) is 13.4. The monoisotopic (exact) mass is 581 g/mol. The van der Waals surface area contributed by atoms with Crippen LogP contribution in [-0.4, -0.2) is 78.6 Å². The Balaban J connectivity index is 1.61. The summed E-state index contributed by atoms with van der Waals surface area (Å²) in [6, 6.07) is 11.1. The van der Waals surface area contributed by atoms with Crippen molar-refractivity contribution in [1.82, 2.24) is 14.8 Å². The van der Waals surface area contributed by atoms with Gasteiger partial charge in [-0.05, 0) is 49.4 Å². The summed E-state index contributed by atoms with van der Waals surface area (Å²) in [6.45, 7) is 4.42. The summed E-state index contributed by atoms with van der Waals surface area (Å²) in [6.07, 6.45) is 1.16. The van der Waals surface area contributed by atoms with Crippen molar-refractivity contribution in [3.8, 4) is 5.75 Å². The smallest absolute Gasteiger partial charge is 0.323 e. The average Bonchev–Trinajstić information content (AvgIpc) is 2.98. The van der Waals surface area contributed by atoms with Crippen LogP contribution in [0.3, 0.4) is 0 Å². The van der Waals surface area contributed by atoms with Crippen molar-refractivity contribution in [2.45, 2.75) is 26.0 Å². The number of hydrogen-bond acceptors (Lipinski definition) is 6. The third-order valence-corrected chi connectivity index (χ3v) is 7.02. The SMILES string of the molecule is CO[C@@H]1CN(C)C(=O)c2cc(NC(=O)Nc3cc(F)ccc3F)ccc2OC[C@H](C)N(C(=O)c2ccccn2)C[C@H]1C. The van der Waals surface area contributed by atoms with Crippen molar-refractivity contribution in [2.75, 3.05) is 44.5 Å². The van der Waals surface area contributed by atoms with Gasteiger partial charge in [0.15, 0.2) is 0 Å². The highest BCUT2D eigenvalue weighted by Crippen LogP contribution is 2.27. The molecule has 0 fully saturated rings. The van der Waals surface area contributed by atoms with Gasteiger partial charge in [-0.15, -0.1) is 0 Å². The molecular weight excluding hydrogens is 548 g/mol. The number of hydrogen-bond donors (Lipinski definition) is 2. The Bertz CT molecular complexity index is 1440. The van der Waals surface area contributed by atoms with Gasteiger partial charge in [0.25, 0.3) is 11.8 Å². The highest BCUT2D eigenvalue weighted by molar-refractivity contribution is 6.02. The van der Waals surface area contributed by atoms with Crippen LogP contribution in [0.4, 0.5) is 25.0 Å².